The number of halogens is 1. The summed E-state index contributed by atoms with van der Waals surface area (Å²) in [6.07, 6.45) is 0.642. The lowest BCUT2D eigenvalue weighted by molar-refractivity contribution is 0.0927. The third-order valence-electron chi connectivity index (χ3n) is 3.59. The van der Waals surface area contributed by atoms with E-state index in [0.717, 1.165) is 5.56 Å². The quantitative estimate of drug-likeness (QED) is 0.776. The molecule has 6 heteroatoms. The lowest BCUT2D eigenvalue weighted by atomic mass is 10.1. The number of rotatable bonds is 5. The Balaban J connectivity index is 1.74. The summed E-state index contributed by atoms with van der Waals surface area (Å²) in [5, 5.41) is 11.8. The molecule has 0 atom stereocenters. The maximum absolute atomic E-state index is 13.8. The fourth-order valence-corrected chi connectivity index (χ4v) is 2.34. The Morgan fingerprint density at radius 1 is 1.16 bits per heavy atom. The van der Waals surface area contributed by atoms with Gasteiger partial charge in [0, 0.05) is 6.54 Å². The molecule has 3 aromatic rings. The van der Waals surface area contributed by atoms with E-state index < -0.39 is 11.7 Å². The number of carbonyl (C=O) groups excluding carboxylic acids is 1. The average Bonchev–Trinajstić information content (AvgIpc) is 3.07. The average molecular weight is 335 g/mol. The molecule has 0 spiro atoms. The van der Waals surface area contributed by atoms with Crippen LogP contribution in [0.5, 0.6) is 0 Å². The van der Waals surface area contributed by atoms with E-state index in [-0.39, 0.29) is 22.9 Å². The summed E-state index contributed by atoms with van der Waals surface area (Å²) in [7, 11) is 0. The van der Waals surface area contributed by atoms with Gasteiger partial charge in [0.2, 0.25) is 11.7 Å². The zero-order valence-corrected chi connectivity index (χ0v) is 13.2. The van der Waals surface area contributed by atoms with Crippen LogP contribution in [-0.2, 0) is 6.42 Å². The molecular formula is C19H14FN3O2. The summed E-state index contributed by atoms with van der Waals surface area (Å²) in [5.41, 5.74) is 1.01. The standard InChI is InChI=1S/C19H14FN3O2/c20-15-9-5-4-8-14(15)19-23-16(12-21)17(25-19)18(24)22-11-10-13-6-2-1-3-7-13/h1-9H,10-11H2,(H,22,24). The molecule has 0 saturated carbocycles. The molecule has 0 aliphatic carbocycles. The number of hydrogen-bond acceptors (Lipinski definition) is 4. The van der Waals surface area contributed by atoms with Crippen molar-refractivity contribution in [3.63, 3.8) is 0 Å². The third-order valence-corrected chi connectivity index (χ3v) is 3.59. The van der Waals surface area contributed by atoms with Crippen molar-refractivity contribution in [3.05, 3.63) is 77.4 Å². The molecule has 25 heavy (non-hydrogen) atoms. The first-order valence-electron chi connectivity index (χ1n) is 7.67. The number of carbonyl (C=O) groups is 1. The van der Waals surface area contributed by atoms with Crippen LogP contribution in [0.2, 0.25) is 0 Å². The lowest BCUT2D eigenvalue weighted by Crippen LogP contribution is -2.26. The van der Waals surface area contributed by atoms with Gasteiger partial charge in [-0.3, -0.25) is 4.79 Å². The second-order valence-electron chi connectivity index (χ2n) is 5.28. The molecule has 0 aliphatic heterocycles. The van der Waals surface area contributed by atoms with Gasteiger partial charge < -0.3 is 9.73 Å². The van der Waals surface area contributed by atoms with Gasteiger partial charge in [0.1, 0.15) is 11.9 Å². The van der Waals surface area contributed by atoms with E-state index in [0.29, 0.717) is 13.0 Å². The summed E-state index contributed by atoms with van der Waals surface area (Å²) in [5.74, 6) is -1.40. The summed E-state index contributed by atoms with van der Waals surface area (Å²) < 4.78 is 19.2. The molecule has 0 aliphatic rings. The first kappa shape index (κ1) is 16.4. The second kappa shape index (κ2) is 7.41. The van der Waals surface area contributed by atoms with Crippen molar-refractivity contribution in [3.8, 4) is 17.5 Å². The van der Waals surface area contributed by atoms with Crippen LogP contribution in [0.4, 0.5) is 4.39 Å². The molecular weight excluding hydrogens is 321 g/mol. The zero-order chi connectivity index (χ0) is 17.6. The maximum Gasteiger partial charge on any atom is 0.290 e. The van der Waals surface area contributed by atoms with Crippen LogP contribution in [0.25, 0.3) is 11.5 Å². The van der Waals surface area contributed by atoms with Crippen molar-refractivity contribution < 1.29 is 13.6 Å². The van der Waals surface area contributed by atoms with Gasteiger partial charge in [-0.1, -0.05) is 42.5 Å². The molecule has 5 nitrogen and oxygen atoms in total. The van der Waals surface area contributed by atoms with Gasteiger partial charge >= 0.3 is 0 Å². The normalized spacial score (nSPS) is 10.2. The number of nitriles is 1. The Kier molecular flexibility index (Phi) is 4.86. The number of aromatic nitrogens is 1. The van der Waals surface area contributed by atoms with Crippen LogP contribution < -0.4 is 5.32 Å². The van der Waals surface area contributed by atoms with Gasteiger partial charge in [0.15, 0.2) is 5.69 Å². The first-order chi connectivity index (χ1) is 12.2. The molecule has 3 rings (SSSR count). The fraction of sp³-hybridized carbons (Fsp3) is 0.105. The molecule has 1 heterocycles. The molecule has 0 unspecified atom stereocenters. The highest BCUT2D eigenvalue weighted by atomic mass is 19.1. The molecule has 0 fully saturated rings. The Hall–Kier alpha value is -3.46. The van der Waals surface area contributed by atoms with Gasteiger partial charge in [0.05, 0.1) is 5.56 Å². The van der Waals surface area contributed by atoms with Crippen molar-refractivity contribution in [2.75, 3.05) is 6.54 Å². The van der Waals surface area contributed by atoms with Gasteiger partial charge in [0.25, 0.3) is 5.91 Å². The second-order valence-corrected chi connectivity index (χ2v) is 5.28. The number of hydrogen-bond donors (Lipinski definition) is 1. The van der Waals surface area contributed by atoms with Gasteiger partial charge in [-0.05, 0) is 24.1 Å². The number of amides is 1. The van der Waals surface area contributed by atoms with Crippen molar-refractivity contribution in [2.45, 2.75) is 6.42 Å². The topological polar surface area (TPSA) is 78.9 Å². The summed E-state index contributed by atoms with van der Waals surface area (Å²) in [4.78, 5) is 16.2. The van der Waals surface area contributed by atoms with E-state index in [9.17, 15) is 9.18 Å². The van der Waals surface area contributed by atoms with Gasteiger partial charge in [-0.15, -0.1) is 0 Å². The smallest absolute Gasteiger partial charge is 0.290 e. The molecule has 1 aromatic heterocycles. The minimum atomic E-state index is -0.553. The molecule has 0 radical (unpaired) electrons. The largest absolute Gasteiger partial charge is 0.429 e. The van der Waals surface area contributed by atoms with Crippen LogP contribution in [0.3, 0.4) is 0 Å². The predicted octanol–water partition coefficient (Wildman–Crippen LogP) is 3.32. The highest BCUT2D eigenvalue weighted by Crippen LogP contribution is 2.24. The summed E-state index contributed by atoms with van der Waals surface area (Å²) in [6, 6.07) is 17.4. The van der Waals surface area contributed by atoms with Gasteiger partial charge in [-0.2, -0.15) is 10.2 Å². The number of oxazole rings is 1. The molecule has 124 valence electrons. The van der Waals surface area contributed by atoms with Crippen molar-refractivity contribution in [1.82, 2.24) is 10.3 Å². The minimum Gasteiger partial charge on any atom is -0.429 e. The predicted molar refractivity (Wildman–Crippen MR) is 89.1 cm³/mol. The van der Waals surface area contributed by atoms with Gasteiger partial charge in [-0.25, -0.2) is 4.39 Å². The van der Waals surface area contributed by atoms with Crippen molar-refractivity contribution in [1.29, 1.82) is 5.26 Å². The van der Waals surface area contributed by atoms with Crippen LogP contribution in [0.1, 0.15) is 21.8 Å². The maximum atomic E-state index is 13.8. The third kappa shape index (κ3) is 3.72. The Morgan fingerprint density at radius 2 is 1.88 bits per heavy atom. The SMILES string of the molecule is N#Cc1nc(-c2ccccc2F)oc1C(=O)NCCc1ccccc1. The molecule has 0 saturated heterocycles. The minimum absolute atomic E-state index is 0.0946. The zero-order valence-electron chi connectivity index (χ0n) is 13.2. The van der Waals surface area contributed by atoms with Crippen molar-refractivity contribution >= 4 is 5.91 Å². The Labute approximate surface area is 143 Å². The Morgan fingerprint density at radius 3 is 2.60 bits per heavy atom. The number of nitrogens with one attached hydrogen (secondary N) is 1. The van der Waals surface area contributed by atoms with E-state index >= 15 is 0 Å². The van der Waals surface area contributed by atoms with Crippen LogP contribution in [0.15, 0.2) is 59.0 Å². The van der Waals surface area contributed by atoms with E-state index in [4.69, 9.17) is 9.68 Å². The van der Waals surface area contributed by atoms with E-state index in [1.807, 2.05) is 30.3 Å². The Bertz CT molecular complexity index is 929. The first-order valence-corrected chi connectivity index (χ1v) is 7.67. The highest BCUT2D eigenvalue weighted by Gasteiger charge is 2.22. The summed E-state index contributed by atoms with van der Waals surface area (Å²) >= 11 is 0. The number of nitrogens with zero attached hydrogens (tertiary/aromatic N) is 2. The summed E-state index contributed by atoms with van der Waals surface area (Å²) in [6.45, 7) is 0.378. The highest BCUT2D eigenvalue weighted by molar-refractivity contribution is 5.93. The molecule has 2 aromatic carbocycles. The van der Waals surface area contributed by atoms with E-state index in [1.165, 1.54) is 18.2 Å². The fourth-order valence-electron chi connectivity index (χ4n) is 2.34. The molecule has 1 N–H and O–H groups in total. The van der Waals surface area contributed by atoms with Crippen molar-refractivity contribution in [2.24, 2.45) is 0 Å². The lowest BCUT2D eigenvalue weighted by Gasteiger charge is -2.03. The van der Waals surface area contributed by atoms with Crippen LogP contribution in [-0.4, -0.2) is 17.4 Å². The van der Waals surface area contributed by atoms with E-state index in [1.54, 1.807) is 12.1 Å². The van der Waals surface area contributed by atoms with Crippen LogP contribution >= 0.6 is 0 Å². The monoisotopic (exact) mass is 335 g/mol. The van der Waals surface area contributed by atoms with Crippen LogP contribution in [0, 0.1) is 17.1 Å². The van der Waals surface area contributed by atoms with E-state index in [2.05, 4.69) is 10.3 Å². The molecule has 1 amide bonds. The molecule has 0 bridgehead atoms. The number of benzene rings is 2.